The summed E-state index contributed by atoms with van der Waals surface area (Å²) in [6.07, 6.45) is 0. The van der Waals surface area contributed by atoms with Crippen molar-refractivity contribution in [2.24, 2.45) is 0 Å². The van der Waals surface area contributed by atoms with Crippen LogP contribution in [0.1, 0.15) is 0 Å². The van der Waals surface area contributed by atoms with Crippen molar-refractivity contribution < 1.29 is 0 Å². The van der Waals surface area contributed by atoms with E-state index in [2.05, 4.69) is 26.0 Å². The molecule has 0 aliphatic rings. The van der Waals surface area contributed by atoms with Crippen LogP contribution in [0.4, 0.5) is 5.82 Å². The van der Waals surface area contributed by atoms with Crippen LogP contribution in [0.25, 0.3) is 27.6 Å². The average molecular weight is 397 g/mol. The van der Waals surface area contributed by atoms with Crippen LogP contribution in [0.2, 0.25) is 0 Å². The van der Waals surface area contributed by atoms with Crippen molar-refractivity contribution in [3.63, 3.8) is 0 Å². The van der Waals surface area contributed by atoms with Crippen LogP contribution in [0.15, 0.2) is 70.5 Å². The molecule has 0 bridgehead atoms. The Morgan fingerprint density at radius 3 is 2.38 bits per heavy atom. The van der Waals surface area contributed by atoms with Crippen molar-refractivity contribution >= 4 is 33.1 Å². The van der Waals surface area contributed by atoms with Gasteiger partial charge >= 0.3 is 0 Å². The number of anilines is 1. The molecule has 0 aliphatic heterocycles. The maximum Gasteiger partial charge on any atom is 0.212 e. The highest BCUT2D eigenvalue weighted by Gasteiger charge is 2.12. The molecule has 4 nitrogen and oxygen atoms in total. The topological polar surface area (TPSA) is 56.7 Å². The first-order valence-electron chi connectivity index (χ1n) is 7.33. The quantitative estimate of drug-likeness (QED) is 0.529. The Kier molecular flexibility index (Phi) is 3.92. The second kappa shape index (κ2) is 6.22. The molecule has 0 spiro atoms. The van der Waals surface area contributed by atoms with Gasteiger partial charge in [-0.25, -0.2) is 4.98 Å². The fourth-order valence-corrected chi connectivity index (χ4v) is 3.48. The fourth-order valence-electron chi connectivity index (χ4n) is 2.41. The van der Waals surface area contributed by atoms with Crippen molar-refractivity contribution in [1.29, 1.82) is 0 Å². The number of aromatic nitrogens is 3. The predicted octanol–water partition coefficient (Wildman–Crippen LogP) is 5.01. The third kappa shape index (κ3) is 2.86. The van der Waals surface area contributed by atoms with E-state index in [1.54, 1.807) is 4.68 Å². The van der Waals surface area contributed by atoms with Crippen molar-refractivity contribution in [2.75, 3.05) is 5.73 Å². The highest BCUT2D eigenvalue weighted by Crippen LogP contribution is 2.28. The van der Waals surface area contributed by atoms with Crippen molar-refractivity contribution in [3.05, 3.63) is 70.5 Å². The SMILES string of the molecule is Nc1cc(-c2ccccc2)nn1-c1nc(-c2ccc(Br)cc2)cs1. The van der Waals surface area contributed by atoms with Crippen LogP contribution in [0.5, 0.6) is 0 Å². The molecule has 4 rings (SSSR count). The van der Waals surface area contributed by atoms with Gasteiger partial charge in [-0.2, -0.15) is 9.78 Å². The van der Waals surface area contributed by atoms with Gasteiger partial charge in [-0.3, -0.25) is 0 Å². The lowest BCUT2D eigenvalue weighted by atomic mass is 10.2. The molecule has 0 atom stereocenters. The van der Waals surface area contributed by atoms with Gasteiger partial charge in [0.25, 0.3) is 0 Å². The van der Waals surface area contributed by atoms with Crippen LogP contribution in [-0.2, 0) is 0 Å². The summed E-state index contributed by atoms with van der Waals surface area (Å²) >= 11 is 4.97. The lowest BCUT2D eigenvalue weighted by Crippen LogP contribution is -2.01. The Labute approximate surface area is 151 Å². The van der Waals surface area contributed by atoms with E-state index in [1.807, 2.05) is 66.0 Å². The van der Waals surface area contributed by atoms with E-state index >= 15 is 0 Å². The Balaban J connectivity index is 1.70. The molecule has 4 aromatic rings. The number of halogens is 1. The molecule has 2 heterocycles. The molecule has 24 heavy (non-hydrogen) atoms. The van der Waals surface area contributed by atoms with Crippen molar-refractivity contribution in [1.82, 2.24) is 14.8 Å². The van der Waals surface area contributed by atoms with Crippen LogP contribution in [0.3, 0.4) is 0 Å². The molecule has 0 unspecified atom stereocenters. The number of nitrogens with two attached hydrogens (primary N) is 1. The zero-order valence-electron chi connectivity index (χ0n) is 12.6. The van der Waals surface area contributed by atoms with Crippen LogP contribution in [-0.4, -0.2) is 14.8 Å². The minimum absolute atomic E-state index is 0.575. The standard InChI is InChI=1S/C18H13BrN4S/c19-14-8-6-13(7-9-14)16-11-24-18(21-16)23-17(20)10-15(22-23)12-4-2-1-3-5-12/h1-11H,20H2. The second-order valence-electron chi connectivity index (χ2n) is 5.25. The molecule has 0 saturated carbocycles. The molecule has 2 aromatic carbocycles. The summed E-state index contributed by atoms with van der Waals surface area (Å²) in [6, 6.07) is 19.9. The third-order valence-corrected chi connectivity index (χ3v) is 4.96. The van der Waals surface area contributed by atoms with Gasteiger partial charge < -0.3 is 5.73 Å². The molecule has 0 fully saturated rings. The average Bonchev–Trinajstić information content (AvgIpc) is 3.23. The molecular formula is C18H13BrN4S. The molecule has 0 saturated heterocycles. The van der Waals surface area contributed by atoms with Gasteiger partial charge in [0.2, 0.25) is 5.13 Å². The minimum Gasteiger partial charge on any atom is -0.383 e. The van der Waals surface area contributed by atoms with E-state index in [0.717, 1.165) is 32.1 Å². The summed E-state index contributed by atoms with van der Waals surface area (Å²) in [5, 5.41) is 7.38. The van der Waals surface area contributed by atoms with Crippen LogP contribution >= 0.6 is 27.3 Å². The van der Waals surface area contributed by atoms with Gasteiger partial charge in [-0.05, 0) is 12.1 Å². The maximum atomic E-state index is 6.14. The summed E-state index contributed by atoms with van der Waals surface area (Å²) in [5.41, 5.74) is 10.00. The third-order valence-electron chi connectivity index (χ3n) is 3.62. The Morgan fingerprint density at radius 1 is 0.917 bits per heavy atom. The maximum absolute atomic E-state index is 6.14. The predicted molar refractivity (Wildman–Crippen MR) is 102 cm³/mol. The van der Waals surface area contributed by atoms with E-state index in [1.165, 1.54) is 11.3 Å². The highest BCUT2D eigenvalue weighted by molar-refractivity contribution is 9.10. The lowest BCUT2D eigenvalue weighted by Gasteiger charge is -1.99. The summed E-state index contributed by atoms with van der Waals surface area (Å²) in [5.74, 6) is 0.575. The number of nitrogens with zero attached hydrogens (tertiary/aromatic N) is 3. The van der Waals surface area contributed by atoms with Gasteiger partial charge in [0.05, 0.1) is 11.4 Å². The Bertz CT molecular complexity index is 974. The largest absolute Gasteiger partial charge is 0.383 e. The molecule has 118 valence electrons. The smallest absolute Gasteiger partial charge is 0.212 e. The summed E-state index contributed by atoms with van der Waals surface area (Å²) in [7, 11) is 0. The highest BCUT2D eigenvalue weighted by atomic mass is 79.9. The molecular weight excluding hydrogens is 384 g/mol. The number of thiazole rings is 1. The van der Waals surface area contributed by atoms with Gasteiger partial charge in [0.1, 0.15) is 5.82 Å². The summed E-state index contributed by atoms with van der Waals surface area (Å²) in [6.45, 7) is 0. The van der Waals surface area contributed by atoms with Crippen molar-refractivity contribution in [3.8, 4) is 27.6 Å². The summed E-state index contributed by atoms with van der Waals surface area (Å²) < 4.78 is 2.74. The minimum atomic E-state index is 0.575. The van der Waals surface area contributed by atoms with Crippen molar-refractivity contribution in [2.45, 2.75) is 0 Å². The normalized spacial score (nSPS) is 10.9. The molecule has 0 amide bonds. The van der Waals surface area contributed by atoms with Crippen LogP contribution in [0, 0.1) is 0 Å². The second-order valence-corrected chi connectivity index (χ2v) is 7.01. The van der Waals surface area contributed by atoms with E-state index in [0.29, 0.717) is 5.82 Å². The number of rotatable bonds is 3. The Hall–Kier alpha value is -2.44. The number of hydrogen-bond acceptors (Lipinski definition) is 4. The van der Waals surface area contributed by atoms with Gasteiger partial charge in [-0.15, -0.1) is 11.3 Å². The number of hydrogen-bond donors (Lipinski definition) is 1. The first-order valence-corrected chi connectivity index (χ1v) is 9.01. The van der Waals surface area contributed by atoms with Gasteiger partial charge in [0.15, 0.2) is 0 Å². The summed E-state index contributed by atoms with van der Waals surface area (Å²) in [4.78, 5) is 4.67. The Morgan fingerprint density at radius 2 is 1.62 bits per heavy atom. The zero-order chi connectivity index (χ0) is 16.5. The van der Waals surface area contributed by atoms with Gasteiger partial charge in [0, 0.05) is 27.0 Å². The number of nitrogen functional groups attached to an aromatic ring is 1. The lowest BCUT2D eigenvalue weighted by molar-refractivity contribution is 0.884. The van der Waals surface area contributed by atoms with E-state index in [-0.39, 0.29) is 0 Å². The monoisotopic (exact) mass is 396 g/mol. The van der Waals surface area contributed by atoms with E-state index < -0.39 is 0 Å². The first kappa shape index (κ1) is 15.1. The first-order chi connectivity index (χ1) is 11.7. The fraction of sp³-hybridized carbons (Fsp3) is 0. The molecule has 6 heteroatoms. The van der Waals surface area contributed by atoms with Gasteiger partial charge in [-0.1, -0.05) is 58.4 Å². The molecule has 0 radical (unpaired) electrons. The molecule has 0 aliphatic carbocycles. The molecule has 2 aromatic heterocycles. The zero-order valence-corrected chi connectivity index (χ0v) is 15.0. The van der Waals surface area contributed by atoms with E-state index in [4.69, 9.17) is 5.73 Å². The van der Waals surface area contributed by atoms with E-state index in [9.17, 15) is 0 Å². The number of benzene rings is 2. The molecule has 2 N–H and O–H groups in total. The van der Waals surface area contributed by atoms with Crippen LogP contribution < -0.4 is 5.73 Å².